The highest BCUT2D eigenvalue weighted by atomic mass is 32.1. The number of rotatable bonds is 6. The molecular formula is C28H23F3N2OS. The Kier molecular flexibility index (Phi) is 6.45. The third-order valence-corrected chi connectivity index (χ3v) is 7.15. The monoisotopic (exact) mass is 492 g/mol. The summed E-state index contributed by atoms with van der Waals surface area (Å²) in [6.07, 6.45) is -2.46. The van der Waals surface area contributed by atoms with E-state index in [2.05, 4.69) is 34.2 Å². The first-order valence-electron chi connectivity index (χ1n) is 11.3. The van der Waals surface area contributed by atoms with E-state index in [-0.39, 0.29) is 11.9 Å². The standard InChI is InChI=1S/C28H23F3N2OS/c29-28(30,31)20-10-7-18(8-11-20)23-5-1-2-6-25(23)27(34)33-21-12-13-24-19(16-21)9-14-26(24)32-17-22-4-3-15-35-22/h1-8,10-13,15-16,26,32H,9,14,17H2,(H,33,34). The predicted octanol–water partition coefficient (Wildman–Crippen LogP) is 7.46. The van der Waals surface area contributed by atoms with Gasteiger partial charge in [-0.25, -0.2) is 0 Å². The zero-order chi connectivity index (χ0) is 24.4. The highest BCUT2D eigenvalue weighted by Gasteiger charge is 2.30. The van der Waals surface area contributed by atoms with Crippen LogP contribution in [0.1, 0.15) is 44.4 Å². The van der Waals surface area contributed by atoms with Crippen LogP contribution in [0.25, 0.3) is 11.1 Å². The van der Waals surface area contributed by atoms with Crippen LogP contribution in [-0.4, -0.2) is 5.91 Å². The van der Waals surface area contributed by atoms with Crippen molar-refractivity contribution in [3.8, 4) is 11.1 Å². The van der Waals surface area contributed by atoms with Crippen molar-refractivity contribution >= 4 is 22.9 Å². The molecule has 2 N–H and O–H groups in total. The molecule has 1 heterocycles. The van der Waals surface area contributed by atoms with E-state index in [9.17, 15) is 18.0 Å². The Bertz CT molecular complexity index is 1330. The number of hydrogen-bond acceptors (Lipinski definition) is 3. The molecule has 1 amide bonds. The normalized spacial score (nSPS) is 15.1. The second-order valence-electron chi connectivity index (χ2n) is 8.54. The van der Waals surface area contributed by atoms with Crippen LogP contribution in [0.5, 0.6) is 0 Å². The summed E-state index contributed by atoms with van der Waals surface area (Å²) < 4.78 is 38.8. The largest absolute Gasteiger partial charge is 0.416 e. The number of alkyl halides is 3. The van der Waals surface area contributed by atoms with Gasteiger partial charge in [0.05, 0.1) is 5.56 Å². The Morgan fingerprint density at radius 1 is 0.971 bits per heavy atom. The van der Waals surface area contributed by atoms with E-state index < -0.39 is 11.7 Å². The topological polar surface area (TPSA) is 41.1 Å². The molecular weight excluding hydrogens is 469 g/mol. The summed E-state index contributed by atoms with van der Waals surface area (Å²) in [4.78, 5) is 14.4. The molecule has 0 saturated heterocycles. The summed E-state index contributed by atoms with van der Waals surface area (Å²) in [5, 5.41) is 8.66. The molecule has 0 bridgehead atoms. The number of anilines is 1. The lowest BCUT2D eigenvalue weighted by Crippen LogP contribution is -2.18. The third kappa shape index (κ3) is 5.16. The first-order valence-corrected chi connectivity index (χ1v) is 12.2. The molecule has 1 unspecified atom stereocenters. The zero-order valence-corrected chi connectivity index (χ0v) is 19.5. The minimum absolute atomic E-state index is 0.289. The third-order valence-electron chi connectivity index (χ3n) is 6.28. The Hall–Kier alpha value is -3.42. The number of hydrogen-bond donors (Lipinski definition) is 2. The van der Waals surface area contributed by atoms with Gasteiger partial charge < -0.3 is 10.6 Å². The Morgan fingerprint density at radius 3 is 2.51 bits per heavy atom. The van der Waals surface area contributed by atoms with Gasteiger partial charge in [-0.15, -0.1) is 11.3 Å². The predicted molar refractivity (Wildman–Crippen MR) is 133 cm³/mol. The van der Waals surface area contributed by atoms with E-state index in [4.69, 9.17) is 0 Å². The van der Waals surface area contributed by atoms with Crippen LogP contribution < -0.4 is 10.6 Å². The fourth-order valence-corrected chi connectivity index (χ4v) is 5.17. The smallest absolute Gasteiger partial charge is 0.322 e. The fraction of sp³-hybridized carbons (Fsp3) is 0.179. The van der Waals surface area contributed by atoms with E-state index in [1.165, 1.54) is 28.1 Å². The number of halogens is 3. The molecule has 1 aliphatic rings. The minimum Gasteiger partial charge on any atom is -0.322 e. The van der Waals surface area contributed by atoms with Gasteiger partial charge >= 0.3 is 6.18 Å². The van der Waals surface area contributed by atoms with Crippen molar-refractivity contribution in [2.75, 3.05) is 5.32 Å². The molecule has 0 saturated carbocycles. The van der Waals surface area contributed by atoms with Crippen molar-refractivity contribution in [1.29, 1.82) is 0 Å². The SMILES string of the molecule is O=C(Nc1ccc2c(c1)CCC2NCc1cccs1)c1ccccc1-c1ccc(C(F)(F)F)cc1. The van der Waals surface area contributed by atoms with Gasteiger partial charge in [-0.3, -0.25) is 4.79 Å². The maximum absolute atomic E-state index is 13.1. The molecule has 4 aromatic rings. The molecule has 0 aliphatic heterocycles. The summed E-state index contributed by atoms with van der Waals surface area (Å²) in [5.41, 5.74) is 3.99. The highest BCUT2D eigenvalue weighted by molar-refractivity contribution is 7.09. The van der Waals surface area contributed by atoms with Crippen LogP contribution in [-0.2, 0) is 19.1 Å². The summed E-state index contributed by atoms with van der Waals surface area (Å²) in [6, 6.07) is 22.2. The molecule has 1 aliphatic carbocycles. The van der Waals surface area contributed by atoms with Crippen molar-refractivity contribution in [3.05, 3.63) is 111 Å². The molecule has 3 nitrogen and oxygen atoms in total. The number of carbonyl (C=O) groups excluding carboxylic acids is 1. The molecule has 0 fully saturated rings. The average molecular weight is 493 g/mol. The summed E-state index contributed by atoms with van der Waals surface area (Å²) in [6.45, 7) is 0.834. The molecule has 7 heteroatoms. The minimum atomic E-state index is -4.40. The second-order valence-corrected chi connectivity index (χ2v) is 9.57. The number of benzene rings is 3. The molecule has 0 radical (unpaired) electrons. The van der Waals surface area contributed by atoms with Crippen molar-refractivity contribution in [2.24, 2.45) is 0 Å². The Balaban J connectivity index is 1.31. The van der Waals surface area contributed by atoms with Gasteiger partial charge in [-0.2, -0.15) is 13.2 Å². The van der Waals surface area contributed by atoms with Crippen molar-refractivity contribution in [3.63, 3.8) is 0 Å². The van der Waals surface area contributed by atoms with Gasteiger partial charge in [-0.1, -0.05) is 42.5 Å². The van der Waals surface area contributed by atoms with E-state index in [1.807, 2.05) is 12.1 Å². The van der Waals surface area contributed by atoms with Gasteiger partial charge in [0.1, 0.15) is 0 Å². The quantitative estimate of drug-likeness (QED) is 0.293. The molecule has 5 rings (SSSR count). The maximum atomic E-state index is 13.1. The van der Waals surface area contributed by atoms with Gasteiger partial charge in [0.15, 0.2) is 0 Å². The van der Waals surface area contributed by atoms with E-state index in [0.29, 0.717) is 22.4 Å². The first-order chi connectivity index (χ1) is 16.9. The molecule has 35 heavy (non-hydrogen) atoms. The van der Waals surface area contributed by atoms with E-state index in [0.717, 1.165) is 31.5 Å². The first kappa shape index (κ1) is 23.3. The Morgan fingerprint density at radius 2 is 1.77 bits per heavy atom. The fourth-order valence-electron chi connectivity index (χ4n) is 4.51. The van der Waals surface area contributed by atoms with Crippen LogP contribution in [0.3, 0.4) is 0 Å². The van der Waals surface area contributed by atoms with Gasteiger partial charge in [0.2, 0.25) is 0 Å². The number of fused-ring (bicyclic) bond motifs is 1. The van der Waals surface area contributed by atoms with Gasteiger partial charge in [-0.05, 0) is 76.9 Å². The molecule has 3 aromatic carbocycles. The lowest BCUT2D eigenvalue weighted by molar-refractivity contribution is -0.137. The lowest BCUT2D eigenvalue weighted by Gasteiger charge is -2.15. The summed E-state index contributed by atoms with van der Waals surface area (Å²) in [7, 11) is 0. The van der Waals surface area contributed by atoms with E-state index in [1.54, 1.807) is 35.6 Å². The van der Waals surface area contributed by atoms with Crippen LogP contribution >= 0.6 is 11.3 Å². The molecule has 1 atom stereocenters. The van der Waals surface area contributed by atoms with Crippen LogP contribution in [0.15, 0.2) is 84.2 Å². The average Bonchev–Trinajstić information content (AvgIpc) is 3.52. The number of amides is 1. The summed E-state index contributed by atoms with van der Waals surface area (Å²) in [5.74, 6) is -0.300. The lowest BCUT2D eigenvalue weighted by atomic mass is 9.98. The molecule has 0 spiro atoms. The van der Waals surface area contributed by atoms with Gasteiger partial charge in [0, 0.05) is 28.7 Å². The number of thiophene rings is 1. The molecule has 1 aromatic heterocycles. The van der Waals surface area contributed by atoms with Gasteiger partial charge in [0.25, 0.3) is 5.91 Å². The maximum Gasteiger partial charge on any atom is 0.416 e. The second kappa shape index (κ2) is 9.68. The molecule has 178 valence electrons. The van der Waals surface area contributed by atoms with Crippen LogP contribution in [0, 0.1) is 0 Å². The van der Waals surface area contributed by atoms with Crippen LogP contribution in [0.2, 0.25) is 0 Å². The number of aryl methyl sites for hydroxylation is 1. The number of carbonyl (C=O) groups is 1. The summed E-state index contributed by atoms with van der Waals surface area (Å²) >= 11 is 1.74. The highest BCUT2D eigenvalue weighted by Crippen LogP contribution is 2.34. The van der Waals surface area contributed by atoms with Crippen molar-refractivity contribution in [1.82, 2.24) is 5.32 Å². The number of nitrogens with one attached hydrogen (secondary N) is 2. The van der Waals surface area contributed by atoms with Crippen molar-refractivity contribution in [2.45, 2.75) is 31.6 Å². The van der Waals surface area contributed by atoms with E-state index >= 15 is 0 Å². The zero-order valence-electron chi connectivity index (χ0n) is 18.7. The van der Waals surface area contributed by atoms with Crippen LogP contribution in [0.4, 0.5) is 18.9 Å². The van der Waals surface area contributed by atoms with Crippen molar-refractivity contribution < 1.29 is 18.0 Å². The Labute approximate surface area is 205 Å².